The number of carbonyl (C=O) groups excluding carboxylic acids is 1. The Morgan fingerprint density at radius 2 is 1.74 bits per heavy atom. The van der Waals surface area contributed by atoms with E-state index in [0.717, 1.165) is 38.1 Å². The smallest absolute Gasteiger partial charge is 0.264 e. The summed E-state index contributed by atoms with van der Waals surface area (Å²) in [5.41, 5.74) is 2.10. The summed E-state index contributed by atoms with van der Waals surface area (Å²) in [6.45, 7) is 4.23. The number of hydrogen-bond donors (Lipinski definition) is 2. The van der Waals surface area contributed by atoms with E-state index in [2.05, 4.69) is 31.8 Å². The molecular weight excluding hydrogens is 580 g/mol. The van der Waals surface area contributed by atoms with Crippen molar-refractivity contribution in [3.63, 3.8) is 0 Å². The van der Waals surface area contributed by atoms with Gasteiger partial charge in [-0.05, 0) is 67.7 Å². The number of nitrogens with zero attached hydrogens (tertiary/aromatic N) is 3. The van der Waals surface area contributed by atoms with Gasteiger partial charge in [-0.25, -0.2) is 22.2 Å². The van der Waals surface area contributed by atoms with Gasteiger partial charge in [0.25, 0.3) is 10.0 Å². The van der Waals surface area contributed by atoms with Crippen LogP contribution in [0.2, 0.25) is 0 Å². The average Bonchev–Trinajstić information content (AvgIpc) is 2.97. The molecule has 43 heavy (non-hydrogen) atoms. The number of halogens is 2. The molecule has 0 bridgehead atoms. The first kappa shape index (κ1) is 30.1. The topological polar surface area (TPSA) is 123 Å². The van der Waals surface area contributed by atoms with Crippen molar-refractivity contribution in [1.82, 2.24) is 14.9 Å². The fourth-order valence-electron chi connectivity index (χ4n) is 5.01. The highest BCUT2D eigenvalue weighted by Crippen LogP contribution is 2.36. The van der Waals surface area contributed by atoms with Crippen LogP contribution in [-0.2, 0) is 14.8 Å². The molecule has 226 valence electrons. The zero-order valence-electron chi connectivity index (χ0n) is 23.9. The standard InChI is InChI=1S/C30H31F2N5O5S/c1-18-8-10-37(11-9-18)17-28(38)35-26-16-33-24-6-4-19(12-22(24)29(26)41-2)20-13-25(30(42-3)34-15-20)36-43(39,40)27-7-5-21(31)14-23(27)32/h4-7,12-16,18,36H,8-11,17H2,1-3H3,(H,35,38). The molecule has 0 atom stereocenters. The molecule has 0 unspecified atom stereocenters. The number of piperidine rings is 1. The highest BCUT2D eigenvalue weighted by atomic mass is 32.2. The number of carbonyl (C=O) groups is 1. The number of rotatable bonds is 9. The van der Waals surface area contributed by atoms with E-state index in [4.69, 9.17) is 9.47 Å². The number of nitrogens with one attached hydrogen (secondary N) is 2. The van der Waals surface area contributed by atoms with E-state index in [-0.39, 0.29) is 24.0 Å². The number of ether oxygens (including phenoxy) is 2. The van der Waals surface area contributed by atoms with E-state index in [0.29, 0.717) is 45.5 Å². The van der Waals surface area contributed by atoms with Crippen molar-refractivity contribution >= 4 is 38.2 Å². The monoisotopic (exact) mass is 611 g/mol. The third kappa shape index (κ3) is 6.67. The number of benzene rings is 2. The molecule has 10 nitrogen and oxygen atoms in total. The zero-order valence-corrected chi connectivity index (χ0v) is 24.7. The molecule has 0 aliphatic carbocycles. The normalized spacial score (nSPS) is 14.4. The van der Waals surface area contributed by atoms with Crippen molar-refractivity contribution in [2.45, 2.75) is 24.7 Å². The van der Waals surface area contributed by atoms with Gasteiger partial charge in [0.2, 0.25) is 11.8 Å². The van der Waals surface area contributed by atoms with Gasteiger partial charge in [0.05, 0.1) is 32.5 Å². The Balaban J connectivity index is 1.44. The molecule has 3 heterocycles. The summed E-state index contributed by atoms with van der Waals surface area (Å²) in [4.78, 5) is 22.9. The molecule has 13 heteroatoms. The van der Waals surface area contributed by atoms with E-state index < -0.39 is 26.6 Å². The predicted octanol–water partition coefficient (Wildman–Crippen LogP) is 5.06. The molecule has 0 saturated carbocycles. The number of hydrogen-bond acceptors (Lipinski definition) is 8. The summed E-state index contributed by atoms with van der Waals surface area (Å²) < 4.78 is 66.8. The summed E-state index contributed by atoms with van der Waals surface area (Å²) in [5.74, 6) is -1.28. The minimum Gasteiger partial charge on any atom is -0.494 e. The van der Waals surface area contributed by atoms with Gasteiger partial charge in [-0.1, -0.05) is 13.0 Å². The van der Waals surface area contributed by atoms with Crippen LogP contribution in [0.1, 0.15) is 19.8 Å². The van der Waals surface area contributed by atoms with Gasteiger partial charge in [0.1, 0.15) is 27.9 Å². The van der Waals surface area contributed by atoms with E-state index >= 15 is 0 Å². The van der Waals surface area contributed by atoms with Crippen molar-refractivity contribution in [3.8, 4) is 22.8 Å². The van der Waals surface area contributed by atoms with Crippen LogP contribution in [0.4, 0.5) is 20.2 Å². The van der Waals surface area contributed by atoms with Crippen molar-refractivity contribution in [2.24, 2.45) is 5.92 Å². The molecular formula is C30H31F2N5O5S. The van der Waals surface area contributed by atoms with Crippen LogP contribution in [0, 0.1) is 17.6 Å². The fraction of sp³-hybridized carbons (Fsp3) is 0.300. The summed E-state index contributed by atoms with van der Waals surface area (Å²) in [5, 5.41) is 3.52. The van der Waals surface area contributed by atoms with E-state index in [1.54, 1.807) is 24.4 Å². The molecule has 1 amide bonds. The third-order valence-corrected chi connectivity index (χ3v) is 8.74. The number of amides is 1. The van der Waals surface area contributed by atoms with Crippen molar-refractivity contribution in [3.05, 3.63) is 66.5 Å². The molecule has 2 N–H and O–H groups in total. The minimum atomic E-state index is -4.45. The van der Waals surface area contributed by atoms with E-state index in [1.807, 2.05) is 0 Å². The number of aromatic nitrogens is 2. The van der Waals surface area contributed by atoms with Crippen LogP contribution in [-0.4, -0.2) is 63.0 Å². The summed E-state index contributed by atoms with van der Waals surface area (Å²) in [6.07, 6.45) is 5.15. The fourth-order valence-corrected chi connectivity index (χ4v) is 6.12. The van der Waals surface area contributed by atoms with Gasteiger partial charge in [0, 0.05) is 23.2 Å². The lowest BCUT2D eigenvalue weighted by atomic mass is 9.99. The molecule has 2 aromatic carbocycles. The lowest BCUT2D eigenvalue weighted by Crippen LogP contribution is -2.38. The summed E-state index contributed by atoms with van der Waals surface area (Å²) in [7, 11) is -1.64. The first-order chi connectivity index (χ1) is 20.6. The van der Waals surface area contributed by atoms with Gasteiger partial charge in [-0.15, -0.1) is 0 Å². The van der Waals surface area contributed by atoms with Crippen LogP contribution >= 0.6 is 0 Å². The van der Waals surface area contributed by atoms with Crippen LogP contribution in [0.25, 0.3) is 22.0 Å². The molecule has 1 saturated heterocycles. The predicted molar refractivity (Wildman–Crippen MR) is 159 cm³/mol. The third-order valence-electron chi connectivity index (χ3n) is 7.35. The van der Waals surface area contributed by atoms with Crippen molar-refractivity contribution in [2.75, 3.05) is 43.9 Å². The zero-order chi connectivity index (χ0) is 30.7. The van der Waals surface area contributed by atoms with Crippen LogP contribution < -0.4 is 19.5 Å². The van der Waals surface area contributed by atoms with Crippen LogP contribution in [0.3, 0.4) is 0 Å². The van der Waals surface area contributed by atoms with Crippen molar-refractivity contribution in [1.29, 1.82) is 0 Å². The number of anilines is 2. The van der Waals surface area contributed by atoms with Gasteiger partial charge >= 0.3 is 0 Å². The molecule has 5 rings (SSSR count). The Morgan fingerprint density at radius 1 is 0.977 bits per heavy atom. The summed E-state index contributed by atoms with van der Waals surface area (Å²) >= 11 is 0. The number of methoxy groups -OCH3 is 2. The summed E-state index contributed by atoms with van der Waals surface area (Å²) in [6, 6.07) is 8.97. The number of pyridine rings is 2. The second kappa shape index (κ2) is 12.5. The van der Waals surface area contributed by atoms with E-state index in [1.165, 1.54) is 26.5 Å². The molecule has 0 radical (unpaired) electrons. The molecule has 1 fully saturated rings. The molecule has 1 aliphatic heterocycles. The maximum Gasteiger partial charge on any atom is 0.264 e. The first-order valence-electron chi connectivity index (χ1n) is 13.6. The average molecular weight is 612 g/mol. The largest absolute Gasteiger partial charge is 0.494 e. The second-order valence-corrected chi connectivity index (χ2v) is 12.1. The highest BCUT2D eigenvalue weighted by Gasteiger charge is 2.23. The van der Waals surface area contributed by atoms with Gasteiger partial charge in [0.15, 0.2) is 5.75 Å². The Morgan fingerprint density at radius 3 is 2.44 bits per heavy atom. The lowest BCUT2D eigenvalue weighted by Gasteiger charge is -2.29. The van der Waals surface area contributed by atoms with Gasteiger partial charge in [-0.2, -0.15) is 0 Å². The number of likely N-dealkylation sites (tertiary alicyclic amines) is 1. The first-order valence-corrected chi connectivity index (χ1v) is 15.1. The lowest BCUT2D eigenvalue weighted by molar-refractivity contribution is -0.117. The Kier molecular flexibility index (Phi) is 8.74. The molecule has 0 spiro atoms. The van der Waals surface area contributed by atoms with Crippen molar-refractivity contribution < 1.29 is 31.5 Å². The highest BCUT2D eigenvalue weighted by molar-refractivity contribution is 7.92. The Labute approximate surface area is 248 Å². The molecule has 1 aliphatic rings. The number of sulfonamides is 1. The Hall–Kier alpha value is -4.36. The van der Waals surface area contributed by atoms with Gasteiger partial charge in [-0.3, -0.25) is 19.4 Å². The second-order valence-electron chi connectivity index (χ2n) is 10.4. The van der Waals surface area contributed by atoms with Gasteiger partial charge < -0.3 is 14.8 Å². The minimum absolute atomic E-state index is 0.0527. The quantitative estimate of drug-likeness (QED) is 0.269. The van der Waals surface area contributed by atoms with E-state index in [9.17, 15) is 22.0 Å². The van der Waals surface area contributed by atoms with Crippen LogP contribution in [0.5, 0.6) is 11.6 Å². The maximum atomic E-state index is 14.3. The van der Waals surface area contributed by atoms with Crippen LogP contribution in [0.15, 0.2) is 59.8 Å². The maximum absolute atomic E-state index is 14.3. The molecule has 4 aromatic rings. The Bertz CT molecular complexity index is 1780. The molecule has 2 aromatic heterocycles. The SMILES string of the molecule is COc1ncc(-c2ccc3ncc(NC(=O)CN4CCC(C)CC4)c(OC)c3c2)cc1NS(=O)(=O)c1ccc(F)cc1F. The number of fused-ring (bicyclic) bond motifs is 1.